The van der Waals surface area contributed by atoms with Crippen molar-refractivity contribution in [2.75, 3.05) is 5.73 Å². The summed E-state index contributed by atoms with van der Waals surface area (Å²) in [6.07, 6.45) is 0. The lowest BCUT2D eigenvalue weighted by molar-refractivity contribution is 0.0996. The lowest BCUT2D eigenvalue weighted by Crippen LogP contribution is -2.13. The monoisotopic (exact) mass is 338 g/mol. The number of anilines is 1. The highest BCUT2D eigenvalue weighted by Gasteiger charge is 2.11. The molecular weight excluding hydrogens is 327 g/mol. The van der Waals surface area contributed by atoms with Crippen LogP contribution in [0.2, 0.25) is 0 Å². The number of hydrogen-bond acceptors (Lipinski definition) is 3. The lowest BCUT2D eigenvalue weighted by atomic mass is 10.1. The third-order valence-electron chi connectivity index (χ3n) is 2.66. The number of halogens is 2. The molecule has 6 heteroatoms. The van der Waals surface area contributed by atoms with Crippen LogP contribution in [0.25, 0.3) is 0 Å². The molecule has 2 rings (SSSR count). The molecule has 0 unspecified atom stereocenters. The van der Waals surface area contributed by atoms with Crippen LogP contribution in [0.15, 0.2) is 40.9 Å². The Morgan fingerprint density at radius 2 is 2.00 bits per heavy atom. The van der Waals surface area contributed by atoms with Crippen molar-refractivity contribution in [2.45, 2.75) is 6.61 Å². The van der Waals surface area contributed by atoms with Crippen LogP contribution in [-0.2, 0) is 6.61 Å². The van der Waals surface area contributed by atoms with E-state index in [1.807, 2.05) is 0 Å². The number of hydrogen-bond donors (Lipinski definition) is 2. The molecule has 0 heterocycles. The average molecular weight is 339 g/mol. The van der Waals surface area contributed by atoms with Gasteiger partial charge in [0, 0.05) is 15.7 Å². The van der Waals surface area contributed by atoms with Crippen molar-refractivity contribution in [1.29, 1.82) is 0 Å². The largest absolute Gasteiger partial charge is 0.488 e. The normalized spacial score (nSPS) is 10.3. The van der Waals surface area contributed by atoms with Crippen LogP contribution < -0.4 is 16.2 Å². The minimum Gasteiger partial charge on any atom is -0.488 e. The van der Waals surface area contributed by atoms with E-state index < -0.39 is 5.91 Å². The molecule has 4 nitrogen and oxygen atoms in total. The Kier molecular flexibility index (Phi) is 4.24. The summed E-state index contributed by atoms with van der Waals surface area (Å²) >= 11 is 3.26. The molecule has 20 heavy (non-hydrogen) atoms. The van der Waals surface area contributed by atoms with Gasteiger partial charge in [0.05, 0.1) is 5.56 Å². The van der Waals surface area contributed by atoms with Gasteiger partial charge in [-0.15, -0.1) is 0 Å². The Morgan fingerprint density at radius 1 is 1.25 bits per heavy atom. The molecule has 2 aromatic carbocycles. The van der Waals surface area contributed by atoms with Crippen LogP contribution in [-0.4, -0.2) is 5.91 Å². The van der Waals surface area contributed by atoms with Crippen molar-refractivity contribution in [1.82, 2.24) is 0 Å². The van der Waals surface area contributed by atoms with Gasteiger partial charge in [-0.05, 0) is 36.4 Å². The van der Waals surface area contributed by atoms with Gasteiger partial charge in [-0.25, -0.2) is 4.39 Å². The third-order valence-corrected chi connectivity index (χ3v) is 3.15. The van der Waals surface area contributed by atoms with Gasteiger partial charge in [0.15, 0.2) is 0 Å². The molecular formula is C14H12BrFN2O2. The molecule has 0 atom stereocenters. The maximum atomic E-state index is 13.6. The van der Waals surface area contributed by atoms with Crippen molar-refractivity contribution in [2.24, 2.45) is 5.73 Å². The Balaban J connectivity index is 2.23. The molecule has 0 aliphatic rings. The number of nitrogen functional groups attached to an aromatic ring is 1. The van der Waals surface area contributed by atoms with E-state index in [-0.39, 0.29) is 23.7 Å². The fourth-order valence-corrected chi connectivity index (χ4v) is 2.08. The van der Waals surface area contributed by atoms with Crippen LogP contribution >= 0.6 is 15.9 Å². The van der Waals surface area contributed by atoms with E-state index in [0.717, 1.165) is 4.47 Å². The second-order valence-corrected chi connectivity index (χ2v) is 5.06. The fraction of sp³-hybridized carbons (Fsp3) is 0.0714. The zero-order valence-corrected chi connectivity index (χ0v) is 12.0. The maximum Gasteiger partial charge on any atom is 0.252 e. The standard InChI is InChI=1S/C14H12BrFN2O2/c15-9-1-3-12(16)8(5-9)7-20-13-4-2-10(17)6-11(13)14(18)19/h1-6H,7,17H2,(H2,18,19). The van der Waals surface area contributed by atoms with Crippen molar-refractivity contribution in [3.63, 3.8) is 0 Å². The minimum atomic E-state index is -0.651. The van der Waals surface area contributed by atoms with Gasteiger partial charge in [0.1, 0.15) is 18.2 Å². The van der Waals surface area contributed by atoms with Crippen molar-refractivity contribution in [3.8, 4) is 5.75 Å². The fourth-order valence-electron chi connectivity index (χ4n) is 1.68. The summed E-state index contributed by atoms with van der Waals surface area (Å²) in [4.78, 5) is 11.3. The molecule has 1 amide bonds. The average Bonchev–Trinajstić information content (AvgIpc) is 2.40. The summed E-state index contributed by atoms with van der Waals surface area (Å²) in [7, 11) is 0. The van der Waals surface area contributed by atoms with E-state index in [1.54, 1.807) is 18.2 Å². The number of primary amides is 1. The molecule has 4 N–H and O–H groups in total. The topological polar surface area (TPSA) is 78.3 Å². The Hall–Kier alpha value is -2.08. The first kappa shape index (κ1) is 14.3. The Labute approximate surface area is 123 Å². The van der Waals surface area contributed by atoms with Crippen LogP contribution in [0.1, 0.15) is 15.9 Å². The van der Waals surface area contributed by atoms with E-state index in [4.69, 9.17) is 16.2 Å². The zero-order chi connectivity index (χ0) is 14.7. The number of nitrogens with two attached hydrogens (primary N) is 2. The predicted octanol–water partition coefficient (Wildman–Crippen LogP) is 2.85. The molecule has 0 radical (unpaired) electrons. The van der Waals surface area contributed by atoms with E-state index >= 15 is 0 Å². The second kappa shape index (κ2) is 5.92. The highest BCUT2D eigenvalue weighted by atomic mass is 79.9. The molecule has 0 saturated heterocycles. The molecule has 0 saturated carbocycles. The summed E-state index contributed by atoms with van der Waals surface area (Å²) in [6.45, 7) is -0.0184. The molecule has 0 aliphatic carbocycles. The molecule has 0 bridgehead atoms. The van der Waals surface area contributed by atoms with Crippen LogP contribution in [0.4, 0.5) is 10.1 Å². The molecule has 104 valence electrons. The predicted molar refractivity (Wildman–Crippen MR) is 77.8 cm³/mol. The first-order valence-corrected chi connectivity index (χ1v) is 6.52. The maximum absolute atomic E-state index is 13.6. The molecule has 0 aromatic heterocycles. The van der Waals surface area contributed by atoms with Gasteiger partial charge in [-0.3, -0.25) is 4.79 Å². The first-order chi connectivity index (χ1) is 9.47. The summed E-state index contributed by atoms with van der Waals surface area (Å²) in [5.74, 6) is -0.766. The van der Waals surface area contributed by atoms with Crippen LogP contribution in [0, 0.1) is 5.82 Å². The Bertz CT molecular complexity index is 662. The van der Waals surface area contributed by atoms with E-state index in [1.165, 1.54) is 18.2 Å². The van der Waals surface area contributed by atoms with E-state index in [9.17, 15) is 9.18 Å². The van der Waals surface area contributed by atoms with Gasteiger partial charge in [0.25, 0.3) is 5.91 Å². The lowest BCUT2D eigenvalue weighted by Gasteiger charge is -2.11. The minimum absolute atomic E-state index is 0.0184. The van der Waals surface area contributed by atoms with E-state index in [0.29, 0.717) is 11.3 Å². The zero-order valence-electron chi connectivity index (χ0n) is 10.4. The number of carbonyl (C=O) groups is 1. The molecule has 0 aliphatic heterocycles. The van der Waals surface area contributed by atoms with Crippen LogP contribution in [0.3, 0.4) is 0 Å². The highest BCUT2D eigenvalue weighted by molar-refractivity contribution is 9.10. The smallest absolute Gasteiger partial charge is 0.252 e. The number of carbonyl (C=O) groups excluding carboxylic acids is 1. The summed E-state index contributed by atoms with van der Waals surface area (Å²) in [6, 6.07) is 9.08. The third kappa shape index (κ3) is 3.27. The summed E-state index contributed by atoms with van der Waals surface area (Å²) in [5.41, 5.74) is 11.8. The van der Waals surface area contributed by atoms with E-state index in [2.05, 4.69) is 15.9 Å². The molecule has 0 spiro atoms. The Morgan fingerprint density at radius 3 is 2.70 bits per heavy atom. The SMILES string of the molecule is NC(=O)c1cc(N)ccc1OCc1cc(Br)ccc1F. The number of amides is 1. The molecule has 2 aromatic rings. The van der Waals surface area contributed by atoms with Crippen molar-refractivity contribution >= 4 is 27.5 Å². The van der Waals surface area contributed by atoms with Gasteiger partial charge >= 0.3 is 0 Å². The van der Waals surface area contributed by atoms with Gasteiger partial charge in [-0.1, -0.05) is 15.9 Å². The number of rotatable bonds is 4. The summed E-state index contributed by atoms with van der Waals surface area (Å²) in [5, 5.41) is 0. The number of ether oxygens (including phenoxy) is 1. The molecule has 0 fully saturated rings. The quantitative estimate of drug-likeness (QED) is 0.841. The highest BCUT2D eigenvalue weighted by Crippen LogP contribution is 2.23. The summed E-state index contributed by atoms with van der Waals surface area (Å²) < 4.78 is 19.8. The second-order valence-electron chi connectivity index (χ2n) is 4.14. The van der Waals surface area contributed by atoms with Gasteiger partial charge < -0.3 is 16.2 Å². The van der Waals surface area contributed by atoms with Crippen molar-refractivity contribution < 1.29 is 13.9 Å². The first-order valence-electron chi connectivity index (χ1n) is 5.73. The van der Waals surface area contributed by atoms with Crippen molar-refractivity contribution in [3.05, 3.63) is 57.8 Å². The van der Waals surface area contributed by atoms with Gasteiger partial charge in [0.2, 0.25) is 0 Å². The van der Waals surface area contributed by atoms with Gasteiger partial charge in [-0.2, -0.15) is 0 Å². The number of benzene rings is 2. The van der Waals surface area contributed by atoms with Crippen LogP contribution in [0.5, 0.6) is 5.75 Å².